The Bertz CT molecular complexity index is 480. The Morgan fingerprint density at radius 1 is 1.40 bits per heavy atom. The molecular formula is C16H24ClNO2. The number of rotatable bonds is 4. The van der Waals surface area contributed by atoms with Gasteiger partial charge < -0.3 is 10.5 Å². The summed E-state index contributed by atoms with van der Waals surface area (Å²) in [7, 11) is 0. The fourth-order valence-corrected chi connectivity index (χ4v) is 2.33. The second-order valence-electron chi connectivity index (χ2n) is 6.16. The smallest absolute Gasteiger partial charge is 0.313 e. The summed E-state index contributed by atoms with van der Waals surface area (Å²) in [5.41, 5.74) is 7.31. The molecular weight excluding hydrogens is 274 g/mol. The first-order valence-electron chi connectivity index (χ1n) is 6.90. The van der Waals surface area contributed by atoms with Crippen molar-refractivity contribution in [2.45, 2.75) is 40.5 Å². The van der Waals surface area contributed by atoms with Crippen LogP contribution in [0.1, 0.15) is 46.1 Å². The van der Waals surface area contributed by atoms with Crippen molar-refractivity contribution in [3.63, 3.8) is 0 Å². The monoisotopic (exact) mass is 297 g/mol. The van der Waals surface area contributed by atoms with Gasteiger partial charge in [0, 0.05) is 10.7 Å². The lowest BCUT2D eigenvalue weighted by Gasteiger charge is -2.34. The topological polar surface area (TPSA) is 52.3 Å². The molecule has 1 aromatic carbocycles. The molecule has 112 valence electrons. The van der Waals surface area contributed by atoms with Crippen LogP contribution in [0.4, 0.5) is 5.69 Å². The molecule has 0 spiro atoms. The van der Waals surface area contributed by atoms with Crippen molar-refractivity contribution in [1.29, 1.82) is 0 Å². The molecule has 2 N–H and O–H groups in total. The molecule has 0 aliphatic rings. The Kier molecular flexibility index (Phi) is 5.46. The summed E-state index contributed by atoms with van der Waals surface area (Å²) >= 11 is 6.05. The van der Waals surface area contributed by atoms with E-state index in [4.69, 9.17) is 22.1 Å². The quantitative estimate of drug-likeness (QED) is 0.667. The van der Waals surface area contributed by atoms with E-state index in [9.17, 15) is 4.79 Å². The number of ether oxygens (including phenoxy) is 1. The van der Waals surface area contributed by atoms with Crippen molar-refractivity contribution in [1.82, 2.24) is 0 Å². The van der Waals surface area contributed by atoms with Gasteiger partial charge in [0.15, 0.2) is 0 Å². The van der Waals surface area contributed by atoms with E-state index in [0.29, 0.717) is 17.3 Å². The molecule has 0 bridgehead atoms. The minimum absolute atomic E-state index is 0.0494. The van der Waals surface area contributed by atoms with Crippen LogP contribution in [0.5, 0.6) is 0 Å². The van der Waals surface area contributed by atoms with Crippen LogP contribution < -0.4 is 5.73 Å². The molecule has 20 heavy (non-hydrogen) atoms. The van der Waals surface area contributed by atoms with Gasteiger partial charge in [-0.3, -0.25) is 4.79 Å². The summed E-state index contributed by atoms with van der Waals surface area (Å²) < 4.78 is 5.23. The van der Waals surface area contributed by atoms with Gasteiger partial charge in [0.05, 0.1) is 12.5 Å². The van der Waals surface area contributed by atoms with E-state index in [2.05, 4.69) is 20.8 Å². The van der Waals surface area contributed by atoms with Crippen molar-refractivity contribution < 1.29 is 9.53 Å². The van der Waals surface area contributed by atoms with Gasteiger partial charge in [-0.05, 0) is 42.0 Å². The molecule has 0 saturated heterocycles. The number of nitrogens with two attached hydrogens (primary N) is 1. The minimum Gasteiger partial charge on any atom is -0.466 e. The lowest BCUT2D eigenvalue weighted by molar-refractivity contribution is -0.147. The van der Waals surface area contributed by atoms with Crippen molar-refractivity contribution in [3.05, 3.63) is 28.8 Å². The predicted molar refractivity (Wildman–Crippen MR) is 83.9 cm³/mol. The molecule has 3 nitrogen and oxygen atoms in total. The van der Waals surface area contributed by atoms with E-state index in [1.54, 1.807) is 25.1 Å². The van der Waals surface area contributed by atoms with Crippen LogP contribution in [-0.4, -0.2) is 12.6 Å². The van der Waals surface area contributed by atoms with Gasteiger partial charge in [0.1, 0.15) is 0 Å². The van der Waals surface area contributed by atoms with Gasteiger partial charge in [0.25, 0.3) is 0 Å². The Labute approximate surface area is 126 Å². The van der Waals surface area contributed by atoms with Crippen LogP contribution in [0.2, 0.25) is 5.02 Å². The first kappa shape index (κ1) is 16.8. The third-order valence-corrected chi connectivity index (χ3v) is 4.03. The Morgan fingerprint density at radius 2 is 2.00 bits per heavy atom. The molecule has 0 aromatic heterocycles. The van der Waals surface area contributed by atoms with Crippen LogP contribution in [0.3, 0.4) is 0 Å². The van der Waals surface area contributed by atoms with E-state index in [1.165, 1.54) is 0 Å². The molecule has 0 saturated carbocycles. The van der Waals surface area contributed by atoms with Gasteiger partial charge in [-0.2, -0.15) is 0 Å². The Morgan fingerprint density at radius 3 is 2.50 bits per heavy atom. The van der Waals surface area contributed by atoms with Gasteiger partial charge in [-0.25, -0.2) is 0 Å². The molecule has 0 aliphatic carbocycles. The minimum atomic E-state index is -0.409. The first-order chi connectivity index (χ1) is 9.18. The number of benzene rings is 1. The summed E-state index contributed by atoms with van der Waals surface area (Å²) in [4.78, 5) is 12.4. The van der Waals surface area contributed by atoms with Crippen LogP contribution in [0.25, 0.3) is 0 Å². The largest absolute Gasteiger partial charge is 0.466 e. The van der Waals surface area contributed by atoms with Gasteiger partial charge >= 0.3 is 5.97 Å². The molecule has 2 atom stereocenters. The average molecular weight is 298 g/mol. The van der Waals surface area contributed by atoms with Gasteiger partial charge in [-0.15, -0.1) is 0 Å². The fourth-order valence-electron chi connectivity index (χ4n) is 2.15. The first-order valence-corrected chi connectivity index (χ1v) is 7.27. The zero-order valence-electron chi connectivity index (χ0n) is 12.9. The predicted octanol–water partition coefficient (Wildman–Crippen LogP) is 4.25. The van der Waals surface area contributed by atoms with Crippen LogP contribution in [0, 0.1) is 11.3 Å². The number of anilines is 1. The van der Waals surface area contributed by atoms with Crippen LogP contribution in [-0.2, 0) is 9.53 Å². The third kappa shape index (κ3) is 3.89. The van der Waals surface area contributed by atoms with Crippen molar-refractivity contribution in [2.24, 2.45) is 11.3 Å². The normalized spacial score (nSPS) is 14.7. The van der Waals surface area contributed by atoms with Gasteiger partial charge in [-0.1, -0.05) is 39.3 Å². The number of carbonyl (C=O) groups excluding carboxylic acids is 1. The molecule has 0 heterocycles. The highest BCUT2D eigenvalue weighted by Gasteiger charge is 2.36. The molecule has 0 aliphatic heterocycles. The van der Waals surface area contributed by atoms with E-state index >= 15 is 0 Å². The van der Waals surface area contributed by atoms with Crippen LogP contribution in [0.15, 0.2) is 18.2 Å². The Hall–Kier alpha value is -1.22. The number of nitrogen functional groups attached to an aromatic ring is 1. The van der Waals surface area contributed by atoms with Gasteiger partial charge in [0.2, 0.25) is 0 Å². The molecule has 0 radical (unpaired) electrons. The lowest BCUT2D eigenvalue weighted by atomic mass is 9.71. The maximum absolute atomic E-state index is 12.4. The van der Waals surface area contributed by atoms with E-state index in [0.717, 1.165) is 5.56 Å². The molecule has 1 aromatic rings. The number of esters is 1. The van der Waals surface area contributed by atoms with E-state index in [1.807, 2.05) is 6.92 Å². The second kappa shape index (κ2) is 6.49. The Balaban J connectivity index is 3.30. The highest BCUT2D eigenvalue weighted by molar-refractivity contribution is 6.30. The molecule has 0 fully saturated rings. The van der Waals surface area contributed by atoms with Crippen molar-refractivity contribution in [3.8, 4) is 0 Å². The SMILES string of the molecule is CCOC(=O)C(c1cc(Cl)ccc1N)C(C)C(C)(C)C. The molecule has 4 heteroatoms. The maximum atomic E-state index is 12.4. The summed E-state index contributed by atoms with van der Waals surface area (Å²) in [5.74, 6) is -0.583. The standard InChI is InChI=1S/C16H24ClNO2/c1-6-20-15(19)14(10(2)16(3,4)5)12-9-11(17)7-8-13(12)18/h7-10,14H,6,18H2,1-5H3. The number of halogens is 1. The summed E-state index contributed by atoms with van der Waals surface area (Å²) in [6.45, 7) is 10.5. The average Bonchev–Trinajstić information content (AvgIpc) is 2.33. The second-order valence-corrected chi connectivity index (χ2v) is 6.59. The van der Waals surface area contributed by atoms with Crippen molar-refractivity contribution >= 4 is 23.3 Å². The highest BCUT2D eigenvalue weighted by Crippen LogP contribution is 2.40. The highest BCUT2D eigenvalue weighted by atomic mass is 35.5. The van der Waals surface area contributed by atoms with E-state index in [-0.39, 0.29) is 17.3 Å². The maximum Gasteiger partial charge on any atom is 0.313 e. The fraction of sp³-hybridized carbons (Fsp3) is 0.562. The molecule has 1 rings (SSSR count). The number of carbonyl (C=O) groups is 1. The summed E-state index contributed by atoms with van der Waals surface area (Å²) in [6, 6.07) is 5.23. The molecule has 0 amide bonds. The molecule has 2 unspecified atom stereocenters. The zero-order valence-corrected chi connectivity index (χ0v) is 13.6. The summed E-state index contributed by atoms with van der Waals surface area (Å²) in [6.07, 6.45) is 0. The third-order valence-electron chi connectivity index (χ3n) is 3.79. The number of hydrogen-bond donors (Lipinski definition) is 1. The lowest BCUT2D eigenvalue weighted by Crippen LogP contribution is -2.31. The van der Waals surface area contributed by atoms with E-state index < -0.39 is 5.92 Å². The summed E-state index contributed by atoms with van der Waals surface area (Å²) in [5, 5.41) is 0.574. The number of hydrogen-bond acceptors (Lipinski definition) is 3. The van der Waals surface area contributed by atoms with Crippen LogP contribution >= 0.6 is 11.6 Å². The van der Waals surface area contributed by atoms with Crippen molar-refractivity contribution in [2.75, 3.05) is 12.3 Å². The zero-order chi connectivity index (χ0) is 15.5.